The van der Waals surface area contributed by atoms with Crippen molar-refractivity contribution in [3.63, 3.8) is 0 Å². The highest BCUT2D eigenvalue weighted by Crippen LogP contribution is 2.19. The van der Waals surface area contributed by atoms with Crippen LogP contribution in [0, 0.1) is 0 Å². The second-order valence-electron chi connectivity index (χ2n) is 7.86. The standard InChI is InChI=1S/C21H33N7/c1-4-22-20(24-16-21(2,3)27-13-9-6-10-14-27)23-15-19-26-25-17-28(19)18-11-7-5-8-12-18/h5,7-8,11-12,17H,4,6,9-10,13-16H2,1-3H3,(H2,22,23,24). The van der Waals surface area contributed by atoms with Crippen LogP contribution in [0.5, 0.6) is 0 Å². The lowest BCUT2D eigenvalue weighted by Crippen LogP contribution is -2.54. The fourth-order valence-electron chi connectivity index (χ4n) is 3.57. The largest absolute Gasteiger partial charge is 0.357 e. The van der Waals surface area contributed by atoms with E-state index >= 15 is 0 Å². The lowest BCUT2D eigenvalue weighted by atomic mass is 9.98. The first-order valence-corrected chi connectivity index (χ1v) is 10.3. The molecule has 7 nitrogen and oxygen atoms in total. The minimum Gasteiger partial charge on any atom is -0.357 e. The van der Waals surface area contributed by atoms with Gasteiger partial charge in [0.15, 0.2) is 11.8 Å². The summed E-state index contributed by atoms with van der Waals surface area (Å²) in [5, 5.41) is 15.2. The number of hydrogen-bond acceptors (Lipinski definition) is 4. The van der Waals surface area contributed by atoms with E-state index in [1.165, 1.54) is 32.4 Å². The van der Waals surface area contributed by atoms with Crippen molar-refractivity contribution in [2.45, 2.75) is 52.1 Å². The fraction of sp³-hybridized carbons (Fsp3) is 0.571. The van der Waals surface area contributed by atoms with Gasteiger partial charge in [-0.3, -0.25) is 9.47 Å². The van der Waals surface area contributed by atoms with Crippen LogP contribution in [0.4, 0.5) is 0 Å². The Labute approximate surface area is 168 Å². The van der Waals surface area contributed by atoms with Gasteiger partial charge in [-0.15, -0.1) is 10.2 Å². The van der Waals surface area contributed by atoms with E-state index in [2.05, 4.69) is 46.5 Å². The van der Waals surface area contributed by atoms with Gasteiger partial charge < -0.3 is 10.6 Å². The molecule has 0 saturated carbocycles. The van der Waals surface area contributed by atoms with Gasteiger partial charge in [0.2, 0.25) is 0 Å². The van der Waals surface area contributed by atoms with Gasteiger partial charge in [-0.2, -0.15) is 0 Å². The van der Waals surface area contributed by atoms with Gasteiger partial charge in [0.1, 0.15) is 12.9 Å². The van der Waals surface area contributed by atoms with Gasteiger partial charge in [-0.1, -0.05) is 24.6 Å². The Morgan fingerprint density at radius 3 is 2.57 bits per heavy atom. The van der Waals surface area contributed by atoms with Crippen molar-refractivity contribution < 1.29 is 0 Å². The van der Waals surface area contributed by atoms with E-state index in [1.54, 1.807) is 6.33 Å². The summed E-state index contributed by atoms with van der Waals surface area (Å²) in [5.41, 5.74) is 1.14. The maximum atomic E-state index is 4.74. The van der Waals surface area contributed by atoms with Crippen molar-refractivity contribution in [3.05, 3.63) is 42.5 Å². The lowest BCUT2D eigenvalue weighted by molar-refractivity contribution is 0.0982. The Kier molecular flexibility index (Phi) is 7.03. The van der Waals surface area contributed by atoms with Gasteiger partial charge in [0.25, 0.3) is 0 Å². The van der Waals surface area contributed by atoms with Crippen LogP contribution >= 0.6 is 0 Å². The van der Waals surface area contributed by atoms with Crippen LogP contribution in [-0.2, 0) is 6.54 Å². The molecule has 0 amide bonds. The molecule has 1 fully saturated rings. The molecule has 0 atom stereocenters. The number of aliphatic imine (C=N–C) groups is 1. The number of para-hydroxylation sites is 1. The average Bonchev–Trinajstić information content (AvgIpc) is 3.20. The molecule has 1 saturated heterocycles. The van der Waals surface area contributed by atoms with Crippen molar-refractivity contribution >= 4 is 5.96 Å². The lowest BCUT2D eigenvalue weighted by Gasteiger charge is -2.41. The summed E-state index contributed by atoms with van der Waals surface area (Å²) < 4.78 is 1.98. The van der Waals surface area contributed by atoms with Gasteiger partial charge in [0.05, 0.1) is 0 Å². The molecule has 7 heteroatoms. The molecule has 2 aromatic rings. The quantitative estimate of drug-likeness (QED) is 0.568. The molecule has 2 N–H and O–H groups in total. The molecule has 152 valence electrons. The van der Waals surface area contributed by atoms with E-state index in [0.29, 0.717) is 6.54 Å². The minimum atomic E-state index is 0.0979. The molecule has 0 bridgehead atoms. The molecular weight excluding hydrogens is 350 g/mol. The van der Waals surface area contributed by atoms with Gasteiger partial charge in [0, 0.05) is 24.3 Å². The number of piperidine rings is 1. The number of benzene rings is 1. The first-order valence-electron chi connectivity index (χ1n) is 10.3. The normalized spacial score (nSPS) is 16.2. The van der Waals surface area contributed by atoms with Crippen molar-refractivity contribution in [2.75, 3.05) is 26.2 Å². The Bertz CT molecular complexity index is 745. The van der Waals surface area contributed by atoms with Crippen molar-refractivity contribution in [1.29, 1.82) is 0 Å². The molecule has 0 aliphatic carbocycles. The first-order chi connectivity index (χ1) is 13.6. The maximum absolute atomic E-state index is 4.74. The topological polar surface area (TPSA) is 70.4 Å². The summed E-state index contributed by atoms with van der Waals surface area (Å²) >= 11 is 0. The third-order valence-corrected chi connectivity index (χ3v) is 5.28. The SMILES string of the molecule is CCNC(=NCc1nncn1-c1ccccc1)NCC(C)(C)N1CCCCC1. The van der Waals surface area contributed by atoms with Crippen molar-refractivity contribution in [3.8, 4) is 5.69 Å². The monoisotopic (exact) mass is 383 g/mol. The molecule has 28 heavy (non-hydrogen) atoms. The summed E-state index contributed by atoms with van der Waals surface area (Å²) in [5.74, 6) is 1.63. The Hall–Kier alpha value is -2.41. The van der Waals surface area contributed by atoms with E-state index in [0.717, 1.165) is 30.6 Å². The highest BCUT2D eigenvalue weighted by atomic mass is 15.3. The molecule has 0 unspecified atom stereocenters. The summed E-state index contributed by atoms with van der Waals surface area (Å²) in [6, 6.07) is 10.1. The Morgan fingerprint density at radius 1 is 1.11 bits per heavy atom. The Morgan fingerprint density at radius 2 is 1.86 bits per heavy atom. The van der Waals surface area contributed by atoms with E-state index < -0.39 is 0 Å². The summed E-state index contributed by atoms with van der Waals surface area (Å²) in [7, 11) is 0. The van der Waals surface area contributed by atoms with E-state index in [1.807, 2.05) is 34.9 Å². The van der Waals surface area contributed by atoms with Crippen LogP contribution in [0.25, 0.3) is 5.69 Å². The molecule has 2 heterocycles. The third kappa shape index (κ3) is 5.32. The molecule has 1 aromatic carbocycles. The highest BCUT2D eigenvalue weighted by Gasteiger charge is 2.27. The molecule has 1 aliphatic heterocycles. The summed E-state index contributed by atoms with van der Waals surface area (Å²) in [6.07, 6.45) is 5.69. The summed E-state index contributed by atoms with van der Waals surface area (Å²) in [4.78, 5) is 7.33. The zero-order valence-corrected chi connectivity index (χ0v) is 17.4. The van der Waals surface area contributed by atoms with Gasteiger partial charge in [-0.25, -0.2) is 4.99 Å². The number of nitrogens with zero attached hydrogens (tertiary/aromatic N) is 5. The molecule has 3 rings (SSSR count). The average molecular weight is 384 g/mol. The van der Waals surface area contributed by atoms with Crippen molar-refractivity contribution in [2.24, 2.45) is 4.99 Å². The van der Waals surface area contributed by atoms with Crippen LogP contribution in [-0.4, -0.2) is 57.3 Å². The van der Waals surface area contributed by atoms with Crippen LogP contribution < -0.4 is 10.6 Å². The minimum absolute atomic E-state index is 0.0979. The molecular formula is C21H33N7. The number of nitrogens with one attached hydrogen (secondary N) is 2. The second kappa shape index (κ2) is 9.68. The third-order valence-electron chi connectivity index (χ3n) is 5.28. The molecule has 1 aromatic heterocycles. The highest BCUT2D eigenvalue weighted by molar-refractivity contribution is 5.79. The molecule has 0 radical (unpaired) electrons. The fourth-order valence-corrected chi connectivity index (χ4v) is 3.57. The van der Waals surface area contributed by atoms with Gasteiger partial charge >= 0.3 is 0 Å². The Balaban J connectivity index is 1.64. The number of hydrogen-bond donors (Lipinski definition) is 2. The number of rotatable bonds is 7. The van der Waals surface area contributed by atoms with Crippen LogP contribution in [0.3, 0.4) is 0 Å². The van der Waals surface area contributed by atoms with Gasteiger partial charge in [-0.05, 0) is 58.8 Å². The smallest absolute Gasteiger partial charge is 0.191 e. The summed E-state index contributed by atoms with van der Waals surface area (Å²) in [6.45, 7) is 11.2. The maximum Gasteiger partial charge on any atom is 0.191 e. The van der Waals surface area contributed by atoms with Crippen LogP contribution in [0.1, 0.15) is 45.9 Å². The number of aromatic nitrogens is 3. The second-order valence-corrected chi connectivity index (χ2v) is 7.86. The zero-order valence-electron chi connectivity index (χ0n) is 17.4. The zero-order chi connectivity index (χ0) is 19.8. The van der Waals surface area contributed by atoms with Crippen molar-refractivity contribution in [1.82, 2.24) is 30.3 Å². The van der Waals surface area contributed by atoms with E-state index in [4.69, 9.17) is 4.99 Å². The van der Waals surface area contributed by atoms with Crippen LogP contribution in [0.15, 0.2) is 41.7 Å². The molecule has 1 aliphatic rings. The number of likely N-dealkylation sites (tertiary alicyclic amines) is 1. The first kappa shape index (κ1) is 20.3. The number of guanidine groups is 1. The predicted octanol–water partition coefficient (Wildman–Crippen LogP) is 2.59. The predicted molar refractivity (Wildman–Crippen MR) is 114 cm³/mol. The van der Waals surface area contributed by atoms with E-state index in [-0.39, 0.29) is 5.54 Å². The molecule has 0 spiro atoms. The van der Waals surface area contributed by atoms with Crippen LogP contribution in [0.2, 0.25) is 0 Å². The van der Waals surface area contributed by atoms with E-state index in [9.17, 15) is 0 Å².